The molecule has 3 aromatic rings. The number of hydrogen-bond acceptors (Lipinski definition) is 3. The number of aromatic nitrogens is 2. The molecule has 2 heterocycles. The molecule has 1 atom stereocenters. The Morgan fingerprint density at radius 1 is 1.26 bits per heavy atom. The molecule has 5 heteroatoms. The van der Waals surface area contributed by atoms with Crippen LogP contribution in [0.2, 0.25) is 0 Å². The third-order valence-electron chi connectivity index (χ3n) is 5.43. The molecule has 0 spiro atoms. The largest absolute Gasteiger partial charge is 0.322 e. The summed E-state index contributed by atoms with van der Waals surface area (Å²) in [5.74, 6) is 0.990. The summed E-state index contributed by atoms with van der Waals surface area (Å²) in [5, 5.41) is 3.59. The summed E-state index contributed by atoms with van der Waals surface area (Å²) >= 11 is 0. The monoisotopic (exact) mass is 361 g/mol. The van der Waals surface area contributed by atoms with Gasteiger partial charge < -0.3 is 5.32 Å². The first kappa shape index (κ1) is 17.5. The standard InChI is InChI=1S/C22H23N3O2/c1-3-14(2)16-7-4-5-8-18(16)24-21(26)15-10-11-17-19(13-15)23-20-9-6-12-25(20)22(17)27/h4-5,7-8,10-11,13-14H,3,6,9,12H2,1-2H3,(H,24,26)/t14-/m1/s1. The van der Waals surface area contributed by atoms with Gasteiger partial charge in [-0.2, -0.15) is 0 Å². The normalized spacial score (nSPS) is 14.1. The molecule has 2 aromatic carbocycles. The molecule has 5 nitrogen and oxygen atoms in total. The quantitative estimate of drug-likeness (QED) is 0.761. The predicted molar refractivity (Wildman–Crippen MR) is 107 cm³/mol. The van der Waals surface area contributed by atoms with Crippen LogP contribution in [0, 0.1) is 0 Å². The second-order valence-electron chi connectivity index (χ2n) is 7.17. The van der Waals surface area contributed by atoms with Crippen molar-refractivity contribution in [3.8, 4) is 0 Å². The lowest BCUT2D eigenvalue weighted by Crippen LogP contribution is -2.21. The van der Waals surface area contributed by atoms with Crippen LogP contribution >= 0.6 is 0 Å². The minimum Gasteiger partial charge on any atom is -0.322 e. The van der Waals surface area contributed by atoms with E-state index in [1.807, 2.05) is 18.2 Å². The van der Waals surface area contributed by atoms with Crippen molar-refractivity contribution >= 4 is 22.5 Å². The number of carbonyl (C=O) groups excluding carboxylic acids is 1. The number of para-hydroxylation sites is 1. The van der Waals surface area contributed by atoms with Crippen LogP contribution < -0.4 is 10.9 Å². The van der Waals surface area contributed by atoms with Crippen LogP contribution in [0.3, 0.4) is 0 Å². The lowest BCUT2D eigenvalue weighted by Gasteiger charge is -2.15. The van der Waals surface area contributed by atoms with Gasteiger partial charge in [-0.1, -0.05) is 32.0 Å². The van der Waals surface area contributed by atoms with Crippen LogP contribution in [0.25, 0.3) is 10.9 Å². The van der Waals surface area contributed by atoms with Gasteiger partial charge in [0.05, 0.1) is 10.9 Å². The number of carbonyl (C=O) groups is 1. The van der Waals surface area contributed by atoms with Crippen molar-refractivity contribution in [3.63, 3.8) is 0 Å². The summed E-state index contributed by atoms with van der Waals surface area (Å²) in [6, 6.07) is 13.0. The number of rotatable bonds is 4. The highest BCUT2D eigenvalue weighted by Gasteiger charge is 2.18. The SMILES string of the molecule is CC[C@@H](C)c1ccccc1NC(=O)c1ccc2c(=O)n3c(nc2c1)CCC3. The molecule has 1 aliphatic heterocycles. The molecule has 138 valence electrons. The second kappa shape index (κ2) is 6.99. The van der Waals surface area contributed by atoms with Crippen molar-refractivity contribution in [1.29, 1.82) is 0 Å². The Kier molecular flexibility index (Phi) is 4.52. The Morgan fingerprint density at radius 3 is 2.89 bits per heavy atom. The number of hydrogen-bond donors (Lipinski definition) is 1. The zero-order valence-electron chi connectivity index (χ0n) is 15.7. The minimum atomic E-state index is -0.185. The zero-order valence-corrected chi connectivity index (χ0v) is 15.7. The molecule has 0 saturated carbocycles. The van der Waals surface area contributed by atoms with Gasteiger partial charge in [0.15, 0.2) is 0 Å². The summed E-state index contributed by atoms with van der Waals surface area (Å²) in [6.07, 6.45) is 2.75. The first-order chi connectivity index (χ1) is 13.1. The number of anilines is 1. The number of fused-ring (bicyclic) bond motifs is 2. The fraction of sp³-hybridized carbons (Fsp3) is 0.318. The summed E-state index contributed by atoms with van der Waals surface area (Å²) in [7, 11) is 0. The topological polar surface area (TPSA) is 64.0 Å². The van der Waals surface area contributed by atoms with Crippen molar-refractivity contribution in [2.45, 2.75) is 45.6 Å². The van der Waals surface area contributed by atoms with E-state index < -0.39 is 0 Å². The molecule has 1 aliphatic rings. The van der Waals surface area contributed by atoms with E-state index in [1.54, 1.807) is 22.8 Å². The average Bonchev–Trinajstić information content (AvgIpc) is 3.16. The molecule has 1 aromatic heterocycles. The van der Waals surface area contributed by atoms with Gasteiger partial charge in [0.2, 0.25) is 0 Å². The van der Waals surface area contributed by atoms with E-state index in [1.165, 1.54) is 0 Å². The van der Waals surface area contributed by atoms with Gasteiger partial charge in [0, 0.05) is 24.2 Å². The Labute approximate surface area is 158 Å². The van der Waals surface area contributed by atoms with E-state index in [9.17, 15) is 9.59 Å². The summed E-state index contributed by atoms with van der Waals surface area (Å²) in [6.45, 7) is 5.01. The Bertz CT molecular complexity index is 1080. The van der Waals surface area contributed by atoms with Gasteiger partial charge in [-0.15, -0.1) is 0 Å². The molecule has 1 amide bonds. The van der Waals surface area contributed by atoms with Crippen molar-refractivity contribution in [3.05, 3.63) is 69.8 Å². The number of nitrogens with zero attached hydrogens (tertiary/aromatic N) is 2. The smallest absolute Gasteiger partial charge is 0.261 e. The van der Waals surface area contributed by atoms with Crippen LogP contribution in [-0.4, -0.2) is 15.5 Å². The van der Waals surface area contributed by atoms with Crippen molar-refractivity contribution in [1.82, 2.24) is 9.55 Å². The molecule has 0 unspecified atom stereocenters. The van der Waals surface area contributed by atoms with Gasteiger partial charge >= 0.3 is 0 Å². The third kappa shape index (κ3) is 3.14. The Hall–Kier alpha value is -2.95. The lowest BCUT2D eigenvalue weighted by molar-refractivity contribution is 0.102. The molecule has 0 aliphatic carbocycles. The fourth-order valence-electron chi connectivity index (χ4n) is 3.68. The van der Waals surface area contributed by atoms with Crippen LogP contribution in [0.5, 0.6) is 0 Å². The first-order valence-corrected chi connectivity index (χ1v) is 9.52. The Morgan fingerprint density at radius 2 is 2.07 bits per heavy atom. The molecular formula is C22H23N3O2. The lowest BCUT2D eigenvalue weighted by atomic mass is 9.96. The highest BCUT2D eigenvalue weighted by Crippen LogP contribution is 2.27. The molecule has 27 heavy (non-hydrogen) atoms. The highest BCUT2D eigenvalue weighted by atomic mass is 16.1. The maximum Gasteiger partial charge on any atom is 0.261 e. The van der Waals surface area contributed by atoms with Crippen LogP contribution in [0.15, 0.2) is 47.3 Å². The van der Waals surface area contributed by atoms with Gasteiger partial charge in [-0.05, 0) is 48.6 Å². The Balaban J connectivity index is 1.68. The predicted octanol–water partition coefficient (Wildman–Crippen LogP) is 4.11. The van der Waals surface area contributed by atoms with E-state index in [0.717, 1.165) is 42.9 Å². The average molecular weight is 361 g/mol. The van der Waals surface area contributed by atoms with Crippen LogP contribution in [0.1, 0.15) is 54.4 Å². The molecule has 0 saturated heterocycles. The molecule has 4 rings (SSSR count). The fourth-order valence-corrected chi connectivity index (χ4v) is 3.68. The molecular weight excluding hydrogens is 338 g/mol. The van der Waals surface area contributed by atoms with Crippen molar-refractivity contribution in [2.24, 2.45) is 0 Å². The van der Waals surface area contributed by atoms with Crippen LogP contribution in [0.4, 0.5) is 5.69 Å². The van der Waals surface area contributed by atoms with E-state index in [2.05, 4.69) is 30.2 Å². The van der Waals surface area contributed by atoms with Gasteiger partial charge in [0.25, 0.3) is 11.5 Å². The van der Waals surface area contributed by atoms with E-state index in [0.29, 0.717) is 22.4 Å². The zero-order chi connectivity index (χ0) is 19.0. The van der Waals surface area contributed by atoms with E-state index in [4.69, 9.17) is 0 Å². The number of amides is 1. The molecule has 0 bridgehead atoms. The molecule has 1 N–H and O–H groups in total. The minimum absolute atomic E-state index is 0.0124. The maximum absolute atomic E-state index is 12.8. The second-order valence-corrected chi connectivity index (χ2v) is 7.17. The number of benzene rings is 2. The van der Waals surface area contributed by atoms with Gasteiger partial charge in [-0.25, -0.2) is 4.98 Å². The third-order valence-corrected chi connectivity index (χ3v) is 5.43. The van der Waals surface area contributed by atoms with Gasteiger partial charge in [-0.3, -0.25) is 14.2 Å². The summed E-state index contributed by atoms with van der Waals surface area (Å²) in [5.41, 5.74) is 3.05. The van der Waals surface area contributed by atoms with Crippen molar-refractivity contribution in [2.75, 3.05) is 5.32 Å². The maximum atomic E-state index is 12.8. The van der Waals surface area contributed by atoms with Crippen molar-refractivity contribution < 1.29 is 4.79 Å². The molecule has 0 fully saturated rings. The summed E-state index contributed by atoms with van der Waals surface area (Å²) < 4.78 is 1.74. The number of aryl methyl sites for hydroxylation is 1. The van der Waals surface area contributed by atoms with Crippen LogP contribution in [-0.2, 0) is 13.0 Å². The van der Waals surface area contributed by atoms with E-state index >= 15 is 0 Å². The molecule has 0 radical (unpaired) electrons. The van der Waals surface area contributed by atoms with Gasteiger partial charge in [0.1, 0.15) is 5.82 Å². The summed E-state index contributed by atoms with van der Waals surface area (Å²) in [4.78, 5) is 30.0. The van der Waals surface area contributed by atoms with E-state index in [-0.39, 0.29) is 11.5 Å². The first-order valence-electron chi connectivity index (χ1n) is 9.52. The highest BCUT2D eigenvalue weighted by molar-refractivity contribution is 6.06. The number of nitrogens with one attached hydrogen (secondary N) is 1.